The Hall–Kier alpha value is -1.34. The number of hydrogen-bond donors (Lipinski definition) is 1. The summed E-state index contributed by atoms with van der Waals surface area (Å²) in [4.78, 5) is 13.5. The Morgan fingerprint density at radius 2 is 2.00 bits per heavy atom. The average molecular weight is 327 g/mol. The number of nitrogens with zero attached hydrogens (tertiary/aromatic N) is 1. The van der Waals surface area contributed by atoms with Gasteiger partial charge in [-0.05, 0) is 31.0 Å². The molecule has 1 aliphatic heterocycles. The molecule has 8 heteroatoms. The first-order valence-electron chi connectivity index (χ1n) is 6.20. The Kier molecular flexibility index (Phi) is 5.58. The Morgan fingerprint density at radius 3 is 2.57 bits per heavy atom. The third kappa shape index (κ3) is 4.07. The van der Waals surface area contributed by atoms with E-state index in [4.69, 9.17) is 5.73 Å². The maximum Gasteiger partial charge on any atom is 0.419 e. The third-order valence-electron chi connectivity index (χ3n) is 3.26. The van der Waals surface area contributed by atoms with Crippen LogP contribution in [0.2, 0.25) is 0 Å². The van der Waals surface area contributed by atoms with E-state index in [0.29, 0.717) is 31.6 Å². The third-order valence-corrected chi connectivity index (χ3v) is 3.26. The molecule has 1 saturated heterocycles. The Balaban J connectivity index is 0.00000220. The number of carbonyl (C=O) groups excluding carboxylic acids is 1. The highest BCUT2D eigenvalue weighted by Crippen LogP contribution is 2.32. The van der Waals surface area contributed by atoms with Crippen molar-refractivity contribution in [1.29, 1.82) is 0 Å². The van der Waals surface area contributed by atoms with Gasteiger partial charge in [0.05, 0.1) is 5.56 Å². The molecule has 0 bridgehead atoms. The standard InChI is InChI=1S/C13H14F4N2O.ClH/c14-11-4-3-8(6-10(11)13(15,16)17)12(20)19-5-1-2-9(18)7-19;/h3-4,6,9H,1-2,5,7,18H2;1H/t9-;/m1./s1. The van der Waals surface area contributed by atoms with Crippen LogP contribution in [0.4, 0.5) is 17.6 Å². The van der Waals surface area contributed by atoms with Crippen LogP contribution >= 0.6 is 12.4 Å². The minimum Gasteiger partial charge on any atom is -0.337 e. The maximum atomic E-state index is 13.2. The molecule has 21 heavy (non-hydrogen) atoms. The fraction of sp³-hybridized carbons (Fsp3) is 0.462. The van der Waals surface area contributed by atoms with Gasteiger partial charge in [-0.25, -0.2) is 4.39 Å². The zero-order valence-corrected chi connectivity index (χ0v) is 11.8. The lowest BCUT2D eigenvalue weighted by atomic mass is 10.0. The summed E-state index contributed by atoms with van der Waals surface area (Å²) in [6.45, 7) is 0.753. The minimum atomic E-state index is -4.82. The van der Waals surface area contributed by atoms with Gasteiger partial charge in [-0.15, -0.1) is 12.4 Å². The largest absolute Gasteiger partial charge is 0.419 e. The van der Waals surface area contributed by atoms with E-state index >= 15 is 0 Å². The first-order valence-corrected chi connectivity index (χ1v) is 6.20. The van der Waals surface area contributed by atoms with Crippen molar-refractivity contribution < 1.29 is 22.4 Å². The molecule has 1 aromatic rings. The van der Waals surface area contributed by atoms with Crippen molar-refractivity contribution in [3.05, 3.63) is 35.1 Å². The van der Waals surface area contributed by atoms with E-state index in [0.717, 1.165) is 12.5 Å². The molecule has 0 spiro atoms. The quantitative estimate of drug-likeness (QED) is 0.807. The normalized spacial score (nSPS) is 19.1. The number of likely N-dealkylation sites (tertiary alicyclic amines) is 1. The predicted octanol–water partition coefficient (Wildman–Crippen LogP) is 2.83. The topological polar surface area (TPSA) is 46.3 Å². The van der Waals surface area contributed by atoms with Gasteiger partial charge in [-0.1, -0.05) is 0 Å². The molecular formula is C13H15ClF4N2O. The van der Waals surface area contributed by atoms with Crippen molar-refractivity contribution in [2.24, 2.45) is 5.73 Å². The van der Waals surface area contributed by atoms with Crippen LogP contribution in [0.5, 0.6) is 0 Å². The first-order chi connectivity index (χ1) is 9.29. The number of nitrogens with two attached hydrogens (primary N) is 1. The zero-order chi connectivity index (χ0) is 14.9. The second kappa shape index (κ2) is 6.62. The number of hydrogen-bond acceptors (Lipinski definition) is 2. The van der Waals surface area contributed by atoms with E-state index < -0.39 is 23.5 Å². The molecule has 118 valence electrons. The number of amides is 1. The lowest BCUT2D eigenvalue weighted by molar-refractivity contribution is -0.140. The van der Waals surface area contributed by atoms with Crippen molar-refractivity contribution in [1.82, 2.24) is 4.90 Å². The van der Waals surface area contributed by atoms with E-state index in [1.807, 2.05) is 0 Å². The van der Waals surface area contributed by atoms with Gasteiger partial charge in [0.2, 0.25) is 0 Å². The number of rotatable bonds is 1. The molecule has 1 atom stereocenters. The van der Waals surface area contributed by atoms with Crippen LogP contribution in [0.15, 0.2) is 18.2 Å². The van der Waals surface area contributed by atoms with E-state index in [-0.39, 0.29) is 24.0 Å². The molecule has 0 aromatic heterocycles. The van der Waals surface area contributed by atoms with Crippen molar-refractivity contribution in [3.63, 3.8) is 0 Å². The van der Waals surface area contributed by atoms with E-state index in [9.17, 15) is 22.4 Å². The molecule has 0 aliphatic carbocycles. The summed E-state index contributed by atoms with van der Waals surface area (Å²) in [6, 6.07) is 2.11. The van der Waals surface area contributed by atoms with Gasteiger partial charge in [0.1, 0.15) is 5.82 Å². The number of piperidine rings is 1. The summed E-state index contributed by atoms with van der Waals surface area (Å²) in [5.41, 5.74) is 4.13. The summed E-state index contributed by atoms with van der Waals surface area (Å²) in [7, 11) is 0. The SMILES string of the molecule is Cl.N[C@@H]1CCCN(C(=O)c2ccc(F)c(C(F)(F)F)c2)C1. The van der Waals surface area contributed by atoms with Gasteiger partial charge in [0.15, 0.2) is 0 Å². The van der Waals surface area contributed by atoms with Gasteiger partial charge < -0.3 is 10.6 Å². The van der Waals surface area contributed by atoms with E-state index in [2.05, 4.69) is 0 Å². The fourth-order valence-corrected chi connectivity index (χ4v) is 2.25. The Labute approximate surface area is 125 Å². The van der Waals surface area contributed by atoms with Crippen molar-refractivity contribution in [2.75, 3.05) is 13.1 Å². The van der Waals surface area contributed by atoms with Crippen molar-refractivity contribution in [3.8, 4) is 0 Å². The molecular weight excluding hydrogens is 312 g/mol. The molecule has 1 aromatic carbocycles. The summed E-state index contributed by atoms with van der Waals surface area (Å²) in [6.07, 6.45) is -3.33. The summed E-state index contributed by atoms with van der Waals surface area (Å²) in [5, 5.41) is 0. The highest BCUT2D eigenvalue weighted by Gasteiger charge is 2.35. The molecule has 0 radical (unpaired) electrons. The van der Waals surface area contributed by atoms with Gasteiger partial charge in [0, 0.05) is 24.7 Å². The molecule has 3 nitrogen and oxygen atoms in total. The van der Waals surface area contributed by atoms with Crippen LogP contribution in [0.25, 0.3) is 0 Å². The number of halogens is 5. The lowest BCUT2D eigenvalue weighted by Crippen LogP contribution is -2.45. The van der Waals surface area contributed by atoms with E-state index in [1.165, 1.54) is 4.90 Å². The van der Waals surface area contributed by atoms with Crippen LogP contribution in [0.3, 0.4) is 0 Å². The highest BCUT2D eigenvalue weighted by molar-refractivity contribution is 5.94. The number of alkyl halides is 3. The van der Waals surface area contributed by atoms with Crippen LogP contribution in [0.1, 0.15) is 28.8 Å². The number of carbonyl (C=O) groups is 1. The molecule has 1 heterocycles. The molecule has 1 aliphatic rings. The molecule has 2 rings (SSSR count). The molecule has 2 N–H and O–H groups in total. The van der Waals surface area contributed by atoms with Gasteiger partial charge in [-0.2, -0.15) is 13.2 Å². The van der Waals surface area contributed by atoms with Crippen LogP contribution in [0, 0.1) is 5.82 Å². The minimum absolute atomic E-state index is 0. The molecule has 0 saturated carbocycles. The summed E-state index contributed by atoms with van der Waals surface area (Å²) in [5.74, 6) is -1.94. The van der Waals surface area contributed by atoms with Crippen LogP contribution in [-0.2, 0) is 6.18 Å². The summed E-state index contributed by atoms with van der Waals surface area (Å²) < 4.78 is 51.0. The fourth-order valence-electron chi connectivity index (χ4n) is 2.25. The van der Waals surface area contributed by atoms with Crippen molar-refractivity contribution in [2.45, 2.75) is 25.1 Å². The first kappa shape index (κ1) is 17.7. The summed E-state index contributed by atoms with van der Waals surface area (Å²) >= 11 is 0. The van der Waals surface area contributed by atoms with Gasteiger partial charge >= 0.3 is 6.18 Å². The molecule has 0 unspecified atom stereocenters. The van der Waals surface area contributed by atoms with Crippen molar-refractivity contribution >= 4 is 18.3 Å². The highest BCUT2D eigenvalue weighted by atomic mass is 35.5. The van der Waals surface area contributed by atoms with Crippen LogP contribution in [-0.4, -0.2) is 29.9 Å². The van der Waals surface area contributed by atoms with Gasteiger partial charge in [-0.3, -0.25) is 4.79 Å². The van der Waals surface area contributed by atoms with Gasteiger partial charge in [0.25, 0.3) is 5.91 Å². The Bertz CT molecular complexity index is 521. The monoisotopic (exact) mass is 326 g/mol. The second-order valence-corrected chi connectivity index (χ2v) is 4.85. The molecule has 1 fully saturated rings. The predicted molar refractivity (Wildman–Crippen MR) is 71.8 cm³/mol. The molecule has 1 amide bonds. The van der Waals surface area contributed by atoms with Crippen LogP contribution < -0.4 is 5.73 Å². The Morgan fingerprint density at radius 1 is 1.33 bits per heavy atom. The van der Waals surface area contributed by atoms with E-state index in [1.54, 1.807) is 0 Å². The zero-order valence-electron chi connectivity index (χ0n) is 11.0. The lowest BCUT2D eigenvalue weighted by Gasteiger charge is -2.31. The smallest absolute Gasteiger partial charge is 0.337 e. The second-order valence-electron chi connectivity index (χ2n) is 4.85. The number of benzene rings is 1. The average Bonchev–Trinajstić information content (AvgIpc) is 2.37. The maximum absolute atomic E-state index is 13.2.